The van der Waals surface area contributed by atoms with Crippen molar-refractivity contribution in [1.29, 1.82) is 0 Å². The molecule has 0 unspecified atom stereocenters. The lowest BCUT2D eigenvalue weighted by molar-refractivity contribution is 0.0600. The van der Waals surface area contributed by atoms with Gasteiger partial charge in [-0.15, -0.1) is 0 Å². The largest absolute Gasteiger partial charge is 0.497 e. The van der Waals surface area contributed by atoms with Gasteiger partial charge in [0.2, 0.25) is 0 Å². The summed E-state index contributed by atoms with van der Waals surface area (Å²) in [5.41, 5.74) is 1.54. The van der Waals surface area contributed by atoms with Crippen molar-refractivity contribution in [3.63, 3.8) is 0 Å². The van der Waals surface area contributed by atoms with E-state index in [9.17, 15) is 4.79 Å². The number of carbonyl (C=O) groups excluding carboxylic acids is 1. The first kappa shape index (κ1) is 15.1. The summed E-state index contributed by atoms with van der Waals surface area (Å²) in [5, 5.41) is 3.34. The highest BCUT2D eigenvalue weighted by Gasteiger charge is 2.11. The predicted octanol–water partition coefficient (Wildman–Crippen LogP) is 2.93. The third-order valence-corrected chi connectivity index (χ3v) is 3.25. The fourth-order valence-corrected chi connectivity index (χ4v) is 1.98. The van der Waals surface area contributed by atoms with Crippen molar-refractivity contribution < 1.29 is 18.7 Å². The van der Waals surface area contributed by atoms with Gasteiger partial charge < -0.3 is 19.2 Å². The number of rotatable bonds is 6. The van der Waals surface area contributed by atoms with Crippen molar-refractivity contribution in [3.05, 3.63) is 53.5 Å². The first-order chi connectivity index (χ1) is 10.1. The van der Waals surface area contributed by atoms with Crippen LogP contribution in [0.25, 0.3) is 0 Å². The lowest BCUT2D eigenvalue weighted by atomic mass is 10.1. The molecule has 0 aliphatic carbocycles. The van der Waals surface area contributed by atoms with Gasteiger partial charge in [-0.1, -0.05) is 12.1 Å². The molecule has 1 heterocycles. The molecule has 1 aromatic carbocycles. The Bertz CT molecular complexity index is 606. The molecule has 0 aliphatic heterocycles. The van der Waals surface area contributed by atoms with Crippen molar-refractivity contribution in [2.24, 2.45) is 0 Å². The summed E-state index contributed by atoms with van der Waals surface area (Å²) in [7, 11) is 2.99. The van der Waals surface area contributed by atoms with E-state index >= 15 is 0 Å². The summed E-state index contributed by atoms with van der Waals surface area (Å²) in [5.74, 6) is 1.11. The van der Waals surface area contributed by atoms with E-state index in [0.717, 1.165) is 11.3 Å². The molecule has 2 rings (SSSR count). The van der Waals surface area contributed by atoms with Gasteiger partial charge in [0.15, 0.2) is 0 Å². The van der Waals surface area contributed by atoms with Crippen LogP contribution in [0.4, 0.5) is 0 Å². The second-order valence-corrected chi connectivity index (χ2v) is 4.67. The van der Waals surface area contributed by atoms with Gasteiger partial charge >= 0.3 is 5.97 Å². The number of furan rings is 1. The van der Waals surface area contributed by atoms with Crippen LogP contribution in [-0.4, -0.2) is 20.2 Å². The summed E-state index contributed by atoms with van der Waals surface area (Å²) in [4.78, 5) is 11.3. The summed E-state index contributed by atoms with van der Waals surface area (Å²) in [6.07, 6.45) is 1.40. The molecule has 5 heteroatoms. The highest BCUT2D eigenvalue weighted by Crippen LogP contribution is 2.19. The number of hydrogen-bond acceptors (Lipinski definition) is 5. The maximum atomic E-state index is 11.3. The molecule has 5 nitrogen and oxygen atoms in total. The van der Waals surface area contributed by atoms with E-state index in [4.69, 9.17) is 9.15 Å². The predicted molar refractivity (Wildman–Crippen MR) is 78.3 cm³/mol. The highest BCUT2D eigenvalue weighted by atomic mass is 16.5. The van der Waals surface area contributed by atoms with Crippen LogP contribution in [0, 0.1) is 0 Å². The van der Waals surface area contributed by atoms with Gasteiger partial charge in [0, 0.05) is 6.04 Å². The fraction of sp³-hybridized carbons (Fsp3) is 0.312. The summed E-state index contributed by atoms with van der Waals surface area (Å²) in [6, 6.07) is 9.69. The normalized spacial score (nSPS) is 12.0. The molecule has 1 N–H and O–H groups in total. The molecule has 1 aromatic heterocycles. The third-order valence-electron chi connectivity index (χ3n) is 3.25. The summed E-state index contributed by atoms with van der Waals surface area (Å²) >= 11 is 0. The van der Waals surface area contributed by atoms with E-state index in [1.165, 1.54) is 13.4 Å². The molecule has 0 saturated heterocycles. The van der Waals surface area contributed by atoms with Gasteiger partial charge in [0.1, 0.15) is 17.8 Å². The Hall–Kier alpha value is -2.27. The molecule has 0 saturated carbocycles. The van der Waals surface area contributed by atoms with Crippen LogP contribution in [0.3, 0.4) is 0 Å². The zero-order valence-corrected chi connectivity index (χ0v) is 12.4. The van der Waals surface area contributed by atoms with Gasteiger partial charge in [0.05, 0.1) is 26.3 Å². The average molecular weight is 289 g/mol. The van der Waals surface area contributed by atoms with E-state index in [2.05, 4.69) is 17.0 Å². The van der Waals surface area contributed by atoms with E-state index in [-0.39, 0.29) is 6.04 Å². The number of nitrogens with one attached hydrogen (secondary N) is 1. The Morgan fingerprint density at radius 2 is 2.14 bits per heavy atom. The molecular weight excluding hydrogens is 270 g/mol. The minimum Gasteiger partial charge on any atom is -0.497 e. The van der Waals surface area contributed by atoms with Crippen LogP contribution in [0.1, 0.15) is 34.6 Å². The van der Waals surface area contributed by atoms with E-state index in [1.54, 1.807) is 13.2 Å². The van der Waals surface area contributed by atoms with Crippen LogP contribution < -0.4 is 10.1 Å². The van der Waals surface area contributed by atoms with Crippen LogP contribution in [-0.2, 0) is 11.3 Å². The Morgan fingerprint density at radius 3 is 2.86 bits per heavy atom. The average Bonchev–Trinajstić information content (AvgIpc) is 3.00. The molecule has 0 bridgehead atoms. The Kier molecular flexibility index (Phi) is 5.00. The van der Waals surface area contributed by atoms with Crippen molar-refractivity contribution >= 4 is 5.97 Å². The zero-order valence-electron chi connectivity index (χ0n) is 12.4. The number of benzene rings is 1. The molecule has 0 amide bonds. The molecule has 21 heavy (non-hydrogen) atoms. The highest BCUT2D eigenvalue weighted by molar-refractivity contribution is 5.88. The van der Waals surface area contributed by atoms with Gasteiger partial charge in [-0.05, 0) is 30.7 Å². The molecule has 0 spiro atoms. The molecule has 0 fully saturated rings. The minimum absolute atomic E-state index is 0.131. The Balaban J connectivity index is 1.95. The van der Waals surface area contributed by atoms with E-state index < -0.39 is 5.97 Å². The molecule has 112 valence electrons. The maximum absolute atomic E-state index is 11.3. The number of hydrogen-bond donors (Lipinski definition) is 1. The third kappa shape index (κ3) is 3.86. The number of ether oxygens (including phenoxy) is 2. The van der Waals surface area contributed by atoms with Crippen LogP contribution in [0.2, 0.25) is 0 Å². The molecule has 1 atom stereocenters. The topological polar surface area (TPSA) is 60.7 Å². The quantitative estimate of drug-likeness (QED) is 0.828. The minimum atomic E-state index is -0.397. The van der Waals surface area contributed by atoms with E-state index in [1.807, 2.05) is 24.3 Å². The SMILES string of the molecule is COC(=O)c1coc(CN[C@@H](C)c2cccc(OC)c2)c1. The van der Waals surface area contributed by atoms with Gasteiger partial charge in [-0.3, -0.25) is 0 Å². The van der Waals surface area contributed by atoms with Gasteiger partial charge in [-0.2, -0.15) is 0 Å². The Labute approximate surface area is 123 Å². The second kappa shape index (κ2) is 6.95. The lowest BCUT2D eigenvalue weighted by Gasteiger charge is -2.14. The first-order valence-electron chi connectivity index (χ1n) is 6.67. The number of esters is 1. The molecular formula is C16H19NO4. The van der Waals surface area contributed by atoms with Crippen LogP contribution in [0.5, 0.6) is 5.75 Å². The van der Waals surface area contributed by atoms with Gasteiger partial charge in [0.25, 0.3) is 0 Å². The van der Waals surface area contributed by atoms with Crippen LogP contribution >= 0.6 is 0 Å². The zero-order chi connectivity index (χ0) is 15.2. The molecule has 2 aromatic rings. The fourth-order valence-electron chi connectivity index (χ4n) is 1.98. The Morgan fingerprint density at radius 1 is 1.33 bits per heavy atom. The lowest BCUT2D eigenvalue weighted by Crippen LogP contribution is -2.17. The van der Waals surface area contributed by atoms with Crippen molar-refractivity contribution in [1.82, 2.24) is 5.32 Å². The molecule has 0 aliphatic rings. The summed E-state index contributed by atoms with van der Waals surface area (Å²) < 4.78 is 15.2. The molecule has 0 radical (unpaired) electrons. The van der Waals surface area contributed by atoms with Crippen molar-refractivity contribution in [2.45, 2.75) is 19.5 Å². The van der Waals surface area contributed by atoms with Crippen molar-refractivity contribution in [2.75, 3.05) is 14.2 Å². The number of methoxy groups -OCH3 is 2. The second-order valence-electron chi connectivity index (χ2n) is 4.67. The number of carbonyl (C=O) groups is 1. The standard InChI is InChI=1S/C16H19NO4/c1-11(12-5-4-6-14(7-12)19-2)17-9-15-8-13(10-21-15)16(18)20-3/h4-8,10-11,17H,9H2,1-3H3/t11-/m0/s1. The smallest absolute Gasteiger partial charge is 0.341 e. The summed E-state index contributed by atoms with van der Waals surface area (Å²) in [6.45, 7) is 2.58. The first-order valence-corrected chi connectivity index (χ1v) is 6.67. The van der Waals surface area contributed by atoms with Crippen molar-refractivity contribution in [3.8, 4) is 5.75 Å². The maximum Gasteiger partial charge on any atom is 0.341 e. The van der Waals surface area contributed by atoms with E-state index in [0.29, 0.717) is 17.9 Å². The van der Waals surface area contributed by atoms with Gasteiger partial charge in [-0.25, -0.2) is 4.79 Å². The monoisotopic (exact) mass is 289 g/mol. The van der Waals surface area contributed by atoms with Crippen LogP contribution in [0.15, 0.2) is 41.0 Å².